The number of hydrogen-bond donors (Lipinski definition) is 1. The van der Waals surface area contributed by atoms with Crippen LogP contribution in [0.2, 0.25) is 0 Å². The number of halogens is 1. The SMILES string of the molecule is O=C(CN1C(=O)/C(=C\c2ccc(F)cc2)Oc2ccccc21)NC1CCCCCCC1. The Morgan fingerprint density at radius 2 is 1.71 bits per heavy atom. The van der Waals surface area contributed by atoms with Crippen LogP contribution in [-0.2, 0) is 9.59 Å². The minimum atomic E-state index is -0.393. The number of ether oxygens (including phenoxy) is 1. The topological polar surface area (TPSA) is 58.6 Å². The van der Waals surface area contributed by atoms with Crippen molar-refractivity contribution in [2.45, 2.75) is 51.0 Å². The predicted octanol–water partition coefficient (Wildman–Crippen LogP) is 4.82. The molecule has 1 aliphatic heterocycles. The van der Waals surface area contributed by atoms with E-state index in [4.69, 9.17) is 4.74 Å². The zero-order valence-corrected chi connectivity index (χ0v) is 17.5. The van der Waals surface area contributed by atoms with Gasteiger partial charge in [0.05, 0.1) is 5.69 Å². The van der Waals surface area contributed by atoms with Gasteiger partial charge in [0.2, 0.25) is 5.91 Å². The van der Waals surface area contributed by atoms with Crippen molar-refractivity contribution in [3.63, 3.8) is 0 Å². The third kappa shape index (κ3) is 5.32. The standard InChI is InChI=1S/C25H27FN2O3/c26-19-14-12-18(13-15-19)16-23-25(30)28(21-10-6-7-11-22(21)31-23)17-24(29)27-20-8-4-2-1-3-5-9-20/h6-7,10-16,20H,1-5,8-9,17H2,(H,27,29)/b23-16+. The number of anilines is 1. The van der Waals surface area contributed by atoms with E-state index < -0.39 is 5.91 Å². The molecular formula is C25H27FN2O3. The fourth-order valence-electron chi connectivity index (χ4n) is 4.15. The van der Waals surface area contributed by atoms with Crippen LogP contribution in [0, 0.1) is 5.82 Å². The number of fused-ring (bicyclic) bond motifs is 1. The molecule has 0 saturated heterocycles. The molecule has 1 N–H and O–H groups in total. The average molecular weight is 423 g/mol. The van der Waals surface area contributed by atoms with Crippen LogP contribution >= 0.6 is 0 Å². The van der Waals surface area contributed by atoms with Crippen LogP contribution in [0.15, 0.2) is 54.3 Å². The average Bonchev–Trinajstić information content (AvgIpc) is 2.74. The van der Waals surface area contributed by atoms with Gasteiger partial charge in [0.1, 0.15) is 12.4 Å². The molecule has 1 saturated carbocycles. The van der Waals surface area contributed by atoms with E-state index in [-0.39, 0.29) is 30.1 Å². The Hall–Kier alpha value is -3.15. The highest BCUT2D eigenvalue weighted by atomic mass is 19.1. The van der Waals surface area contributed by atoms with E-state index in [2.05, 4.69) is 5.32 Å². The number of nitrogens with one attached hydrogen (secondary N) is 1. The zero-order valence-electron chi connectivity index (χ0n) is 17.5. The summed E-state index contributed by atoms with van der Waals surface area (Å²) in [5.41, 5.74) is 1.21. The van der Waals surface area contributed by atoms with Crippen molar-refractivity contribution in [1.82, 2.24) is 5.32 Å². The Labute approximate surface area is 181 Å². The Morgan fingerprint density at radius 3 is 2.45 bits per heavy atom. The van der Waals surface area contributed by atoms with Crippen molar-refractivity contribution in [3.05, 3.63) is 65.7 Å². The lowest BCUT2D eigenvalue weighted by molar-refractivity contribution is -0.124. The highest BCUT2D eigenvalue weighted by Crippen LogP contribution is 2.35. The fraction of sp³-hybridized carbons (Fsp3) is 0.360. The lowest BCUT2D eigenvalue weighted by Crippen LogP contribution is -2.46. The molecule has 0 aromatic heterocycles. The first-order valence-electron chi connectivity index (χ1n) is 11.0. The number of amides is 2. The summed E-state index contributed by atoms with van der Waals surface area (Å²) >= 11 is 0. The van der Waals surface area contributed by atoms with Gasteiger partial charge in [0.15, 0.2) is 11.5 Å². The number of para-hydroxylation sites is 2. The van der Waals surface area contributed by atoms with Crippen LogP contribution in [0.1, 0.15) is 50.5 Å². The second-order valence-corrected chi connectivity index (χ2v) is 8.13. The smallest absolute Gasteiger partial charge is 0.294 e. The molecule has 0 spiro atoms. The number of carbonyl (C=O) groups excluding carboxylic acids is 2. The quantitative estimate of drug-likeness (QED) is 0.719. The highest BCUT2D eigenvalue weighted by Gasteiger charge is 2.32. The van der Waals surface area contributed by atoms with Crippen molar-refractivity contribution in [1.29, 1.82) is 0 Å². The molecule has 2 aromatic rings. The largest absolute Gasteiger partial charge is 0.449 e. The number of rotatable bonds is 4. The van der Waals surface area contributed by atoms with E-state index >= 15 is 0 Å². The van der Waals surface area contributed by atoms with Crippen LogP contribution in [0.4, 0.5) is 10.1 Å². The summed E-state index contributed by atoms with van der Waals surface area (Å²) in [4.78, 5) is 27.4. The highest BCUT2D eigenvalue weighted by molar-refractivity contribution is 6.12. The predicted molar refractivity (Wildman–Crippen MR) is 118 cm³/mol. The summed E-state index contributed by atoms with van der Waals surface area (Å²) in [6.07, 6.45) is 9.45. The van der Waals surface area contributed by atoms with Gasteiger partial charge in [0.25, 0.3) is 5.91 Å². The summed E-state index contributed by atoms with van der Waals surface area (Å²) in [5.74, 6) is -0.304. The Bertz CT molecular complexity index is 963. The van der Waals surface area contributed by atoms with Gasteiger partial charge in [-0.05, 0) is 48.7 Å². The van der Waals surface area contributed by atoms with Crippen molar-refractivity contribution in [3.8, 4) is 5.75 Å². The number of carbonyl (C=O) groups is 2. The first kappa shape index (κ1) is 21.1. The molecule has 0 atom stereocenters. The van der Waals surface area contributed by atoms with Crippen LogP contribution in [-0.4, -0.2) is 24.4 Å². The van der Waals surface area contributed by atoms with Gasteiger partial charge in [0, 0.05) is 6.04 Å². The van der Waals surface area contributed by atoms with Crippen molar-refractivity contribution in [2.24, 2.45) is 0 Å². The first-order valence-corrected chi connectivity index (χ1v) is 11.0. The first-order chi connectivity index (χ1) is 15.1. The molecule has 4 rings (SSSR count). The molecule has 6 heteroatoms. The van der Waals surface area contributed by atoms with Crippen LogP contribution in [0.5, 0.6) is 5.75 Å². The summed E-state index contributed by atoms with van der Waals surface area (Å²) < 4.78 is 19.0. The summed E-state index contributed by atoms with van der Waals surface area (Å²) in [5, 5.41) is 3.12. The Balaban J connectivity index is 1.53. The van der Waals surface area contributed by atoms with Crippen LogP contribution < -0.4 is 15.0 Å². The normalized spacial score (nSPS) is 18.7. The third-order valence-electron chi connectivity index (χ3n) is 5.77. The van der Waals surface area contributed by atoms with Gasteiger partial charge in [-0.2, -0.15) is 0 Å². The molecule has 0 bridgehead atoms. The second kappa shape index (κ2) is 9.77. The molecule has 2 aromatic carbocycles. The summed E-state index contributed by atoms with van der Waals surface area (Å²) in [6, 6.07) is 13.1. The van der Waals surface area contributed by atoms with Crippen LogP contribution in [0.3, 0.4) is 0 Å². The van der Waals surface area contributed by atoms with E-state index in [0.717, 1.165) is 25.7 Å². The van der Waals surface area contributed by atoms with E-state index in [1.165, 1.54) is 36.3 Å². The van der Waals surface area contributed by atoms with Crippen LogP contribution in [0.25, 0.3) is 6.08 Å². The molecule has 1 heterocycles. The van der Waals surface area contributed by atoms with Crippen molar-refractivity contribution >= 4 is 23.6 Å². The monoisotopic (exact) mass is 422 g/mol. The maximum absolute atomic E-state index is 13.2. The Morgan fingerprint density at radius 1 is 1.03 bits per heavy atom. The van der Waals surface area contributed by atoms with Gasteiger partial charge in [-0.25, -0.2) is 4.39 Å². The lowest BCUT2D eigenvalue weighted by Gasteiger charge is -2.30. The molecule has 162 valence electrons. The summed E-state index contributed by atoms with van der Waals surface area (Å²) in [6.45, 7) is -0.0730. The van der Waals surface area contributed by atoms with E-state index in [1.807, 2.05) is 12.1 Å². The lowest BCUT2D eigenvalue weighted by atomic mass is 9.97. The zero-order chi connectivity index (χ0) is 21.6. The van der Waals surface area contributed by atoms with Gasteiger partial charge >= 0.3 is 0 Å². The van der Waals surface area contributed by atoms with Gasteiger partial charge < -0.3 is 10.1 Å². The fourth-order valence-corrected chi connectivity index (χ4v) is 4.15. The van der Waals surface area contributed by atoms with Crippen molar-refractivity contribution < 1.29 is 18.7 Å². The molecule has 0 unspecified atom stereocenters. The van der Waals surface area contributed by atoms with Gasteiger partial charge in [-0.3, -0.25) is 14.5 Å². The molecule has 2 amide bonds. The van der Waals surface area contributed by atoms with E-state index in [9.17, 15) is 14.0 Å². The molecule has 1 aliphatic carbocycles. The molecule has 1 fully saturated rings. The molecule has 2 aliphatic rings. The number of nitrogens with zero attached hydrogens (tertiary/aromatic N) is 1. The van der Waals surface area contributed by atoms with E-state index in [0.29, 0.717) is 17.0 Å². The Kier molecular flexibility index (Phi) is 6.65. The maximum Gasteiger partial charge on any atom is 0.294 e. The minimum absolute atomic E-state index is 0.0730. The molecule has 0 radical (unpaired) electrons. The van der Waals surface area contributed by atoms with Gasteiger partial charge in [-0.15, -0.1) is 0 Å². The van der Waals surface area contributed by atoms with Crippen molar-refractivity contribution in [2.75, 3.05) is 11.4 Å². The molecule has 31 heavy (non-hydrogen) atoms. The van der Waals surface area contributed by atoms with Gasteiger partial charge in [-0.1, -0.05) is 56.4 Å². The summed E-state index contributed by atoms with van der Waals surface area (Å²) in [7, 11) is 0. The molecule has 5 nitrogen and oxygen atoms in total. The number of hydrogen-bond acceptors (Lipinski definition) is 3. The number of benzene rings is 2. The minimum Gasteiger partial charge on any atom is -0.449 e. The second-order valence-electron chi connectivity index (χ2n) is 8.13. The van der Waals surface area contributed by atoms with E-state index in [1.54, 1.807) is 30.3 Å². The third-order valence-corrected chi connectivity index (χ3v) is 5.77. The molecular weight excluding hydrogens is 395 g/mol. The maximum atomic E-state index is 13.2.